The molecule has 2 aromatic heterocycles. The first kappa shape index (κ1) is 19.9. The van der Waals surface area contributed by atoms with Crippen molar-refractivity contribution in [2.45, 2.75) is 64.3 Å². The summed E-state index contributed by atoms with van der Waals surface area (Å²) in [6.45, 7) is 0.436. The summed E-state index contributed by atoms with van der Waals surface area (Å²) < 4.78 is 4.41. The zero-order valence-corrected chi connectivity index (χ0v) is 15.7. The van der Waals surface area contributed by atoms with Gasteiger partial charge in [0.15, 0.2) is 11.2 Å². The van der Waals surface area contributed by atoms with E-state index in [1.807, 2.05) is 0 Å². The Labute approximate surface area is 152 Å². The third-order valence-electron chi connectivity index (χ3n) is 4.76. The molecule has 0 bridgehead atoms. The van der Waals surface area contributed by atoms with Crippen LogP contribution in [0.5, 0.6) is 0 Å². The minimum atomic E-state index is -0.310. The van der Waals surface area contributed by atoms with E-state index in [0.29, 0.717) is 24.1 Å². The molecule has 8 heteroatoms. The molecule has 2 rings (SSSR count). The van der Waals surface area contributed by atoms with Crippen LogP contribution in [0.25, 0.3) is 11.2 Å². The number of aryl methyl sites for hydroxylation is 2. The second-order valence-corrected chi connectivity index (χ2v) is 6.87. The van der Waals surface area contributed by atoms with Crippen LogP contribution in [0.4, 0.5) is 0 Å². The molecule has 0 aliphatic rings. The minimum absolute atomic E-state index is 0.226. The smallest absolute Gasteiger partial charge is 0.332 e. The lowest BCUT2D eigenvalue weighted by atomic mass is 10.1. The van der Waals surface area contributed by atoms with Gasteiger partial charge in [0.1, 0.15) is 0 Å². The fourth-order valence-corrected chi connectivity index (χ4v) is 3.22. The van der Waals surface area contributed by atoms with Crippen molar-refractivity contribution < 1.29 is 4.79 Å². The van der Waals surface area contributed by atoms with Gasteiger partial charge in [0.25, 0.3) is 5.56 Å². The quantitative estimate of drug-likeness (QED) is 0.610. The lowest BCUT2D eigenvalue weighted by Gasteiger charge is -2.08. The van der Waals surface area contributed by atoms with Crippen LogP contribution in [0, 0.1) is 0 Å². The number of nitrogens with two attached hydrogens (primary N) is 1. The van der Waals surface area contributed by atoms with Crippen molar-refractivity contribution in [2.24, 2.45) is 19.8 Å². The molecular weight excluding hydrogens is 334 g/mol. The Morgan fingerprint density at radius 3 is 2.19 bits per heavy atom. The van der Waals surface area contributed by atoms with E-state index in [9.17, 15) is 14.4 Å². The van der Waals surface area contributed by atoms with E-state index in [0.717, 1.165) is 51.4 Å². The van der Waals surface area contributed by atoms with Gasteiger partial charge < -0.3 is 10.3 Å². The van der Waals surface area contributed by atoms with Gasteiger partial charge in [-0.2, -0.15) is 0 Å². The first-order valence-electron chi connectivity index (χ1n) is 9.32. The number of aromatic nitrogens is 4. The zero-order valence-electron chi connectivity index (χ0n) is 15.7. The van der Waals surface area contributed by atoms with Crippen LogP contribution in [0.1, 0.15) is 57.8 Å². The summed E-state index contributed by atoms with van der Waals surface area (Å²) in [6.07, 6.45) is 10.2. The molecule has 0 aliphatic heterocycles. The molecule has 144 valence electrons. The summed E-state index contributed by atoms with van der Waals surface area (Å²) in [7, 11) is 3.40. The third-order valence-corrected chi connectivity index (χ3v) is 4.76. The van der Waals surface area contributed by atoms with Crippen LogP contribution in [0.2, 0.25) is 0 Å². The van der Waals surface area contributed by atoms with Crippen LogP contribution < -0.4 is 17.0 Å². The highest BCUT2D eigenvalue weighted by Gasteiger charge is 2.14. The van der Waals surface area contributed by atoms with Crippen molar-refractivity contribution in [2.75, 3.05) is 0 Å². The van der Waals surface area contributed by atoms with Crippen LogP contribution in [0.3, 0.4) is 0 Å². The Bertz CT molecular complexity index is 862. The molecule has 0 aliphatic carbocycles. The predicted molar refractivity (Wildman–Crippen MR) is 101 cm³/mol. The minimum Gasteiger partial charge on any atom is -0.370 e. The molecule has 0 fully saturated rings. The fraction of sp³-hybridized carbons (Fsp3) is 0.667. The van der Waals surface area contributed by atoms with Gasteiger partial charge in [0.2, 0.25) is 5.91 Å². The number of primary amides is 1. The second kappa shape index (κ2) is 9.35. The normalized spacial score (nSPS) is 11.3. The van der Waals surface area contributed by atoms with Crippen molar-refractivity contribution in [3.05, 3.63) is 27.2 Å². The highest BCUT2D eigenvalue weighted by atomic mass is 16.2. The van der Waals surface area contributed by atoms with Crippen molar-refractivity contribution in [1.82, 2.24) is 18.7 Å². The van der Waals surface area contributed by atoms with E-state index < -0.39 is 0 Å². The van der Waals surface area contributed by atoms with Crippen LogP contribution in [0.15, 0.2) is 15.9 Å². The third kappa shape index (κ3) is 4.83. The maximum absolute atomic E-state index is 12.6. The molecular formula is C18H29N5O3. The monoisotopic (exact) mass is 363 g/mol. The Morgan fingerprint density at radius 1 is 1.00 bits per heavy atom. The van der Waals surface area contributed by atoms with Gasteiger partial charge >= 0.3 is 5.69 Å². The summed E-state index contributed by atoms with van der Waals surface area (Å²) in [5.41, 5.74) is 5.42. The van der Waals surface area contributed by atoms with E-state index in [-0.39, 0.29) is 17.2 Å². The molecule has 0 radical (unpaired) electrons. The number of rotatable bonds is 11. The average Bonchev–Trinajstić information content (AvgIpc) is 2.99. The number of carbonyl (C=O) groups is 1. The Morgan fingerprint density at radius 2 is 1.58 bits per heavy atom. The first-order chi connectivity index (χ1) is 12.4. The van der Waals surface area contributed by atoms with Gasteiger partial charge in [-0.25, -0.2) is 9.78 Å². The van der Waals surface area contributed by atoms with Crippen LogP contribution in [-0.2, 0) is 25.4 Å². The van der Waals surface area contributed by atoms with Crippen molar-refractivity contribution in [3.63, 3.8) is 0 Å². The highest BCUT2D eigenvalue weighted by Crippen LogP contribution is 2.10. The zero-order chi connectivity index (χ0) is 19.1. The lowest BCUT2D eigenvalue weighted by molar-refractivity contribution is -0.118. The maximum Gasteiger partial charge on any atom is 0.332 e. The van der Waals surface area contributed by atoms with E-state index in [4.69, 9.17) is 5.73 Å². The molecule has 2 heterocycles. The molecule has 0 spiro atoms. The highest BCUT2D eigenvalue weighted by molar-refractivity contribution is 5.73. The largest absolute Gasteiger partial charge is 0.370 e. The Balaban J connectivity index is 1.77. The number of carbonyl (C=O) groups excluding carboxylic acids is 1. The van der Waals surface area contributed by atoms with Crippen molar-refractivity contribution in [3.8, 4) is 0 Å². The number of nitrogens with zero attached hydrogens (tertiary/aromatic N) is 4. The second-order valence-electron chi connectivity index (χ2n) is 6.87. The topological polar surface area (TPSA) is 105 Å². The number of amides is 1. The molecule has 0 aromatic carbocycles. The summed E-state index contributed by atoms with van der Waals surface area (Å²) in [5, 5.41) is 0. The van der Waals surface area contributed by atoms with Gasteiger partial charge in [-0.15, -0.1) is 0 Å². The van der Waals surface area contributed by atoms with E-state index in [1.165, 1.54) is 9.13 Å². The molecule has 0 unspecified atom stereocenters. The van der Waals surface area contributed by atoms with Gasteiger partial charge in [0, 0.05) is 27.1 Å². The number of imidazole rings is 1. The summed E-state index contributed by atoms with van der Waals surface area (Å²) in [5.74, 6) is -0.226. The molecule has 1 amide bonds. The van der Waals surface area contributed by atoms with Crippen LogP contribution >= 0.6 is 0 Å². The number of hydrogen-bond acceptors (Lipinski definition) is 4. The van der Waals surface area contributed by atoms with Crippen molar-refractivity contribution >= 4 is 17.1 Å². The standard InChI is InChI=1S/C18H29N5O3/c1-21-13-20-16-15(21)17(25)23(18(26)22(16)2)12-10-8-6-4-3-5-7-9-11-14(19)24/h13H,3-12H2,1-2H3,(H2,19,24). The molecule has 0 saturated heterocycles. The average molecular weight is 363 g/mol. The maximum atomic E-state index is 12.6. The van der Waals surface area contributed by atoms with Gasteiger partial charge in [-0.05, 0) is 12.8 Å². The molecule has 26 heavy (non-hydrogen) atoms. The molecule has 0 saturated carbocycles. The summed E-state index contributed by atoms with van der Waals surface area (Å²) in [6, 6.07) is 0. The summed E-state index contributed by atoms with van der Waals surface area (Å²) >= 11 is 0. The van der Waals surface area contributed by atoms with Gasteiger partial charge in [-0.1, -0.05) is 38.5 Å². The van der Waals surface area contributed by atoms with E-state index in [1.54, 1.807) is 25.0 Å². The number of hydrogen-bond donors (Lipinski definition) is 1. The van der Waals surface area contributed by atoms with Gasteiger partial charge in [0.05, 0.1) is 6.33 Å². The predicted octanol–water partition coefficient (Wildman–Crippen LogP) is 1.43. The molecule has 8 nitrogen and oxygen atoms in total. The lowest BCUT2D eigenvalue weighted by Crippen LogP contribution is -2.39. The Hall–Kier alpha value is -2.38. The molecule has 0 atom stereocenters. The molecule has 2 aromatic rings. The van der Waals surface area contributed by atoms with E-state index >= 15 is 0 Å². The number of fused-ring (bicyclic) bond motifs is 1. The van der Waals surface area contributed by atoms with Gasteiger partial charge in [-0.3, -0.25) is 18.7 Å². The van der Waals surface area contributed by atoms with E-state index in [2.05, 4.69) is 4.98 Å². The summed E-state index contributed by atoms with van der Waals surface area (Å²) in [4.78, 5) is 39.7. The molecule has 2 N–H and O–H groups in total. The Kier molecular flexibility index (Phi) is 7.17. The van der Waals surface area contributed by atoms with Crippen LogP contribution in [-0.4, -0.2) is 24.6 Å². The number of unbranched alkanes of at least 4 members (excludes halogenated alkanes) is 7. The SMILES string of the molecule is Cn1cnc2c1c(=O)n(CCCCCCCCCCC(N)=O)c(=O)n2C. The first-order valence-corrected chi connectivity index (χ1v) is 9.32. The van der Waals surface area contributed by atoms with Crippen molar-refractivity contribution in [1.29, 1.82) is 0 Å². The fourth-order valence-electron chi connectivity index (χ4n) is 3.22.